The maximum absolute atomic E-state index is 12.0. The molecule has 1 atom stereocenters. The largest absolute Gasteiger partial charge is 0.390 e. The highest BCUT2D eigenvalue weighted by atomic mass is 16.6. The second-order valence-electron chi connectivity index (χ2n) is 5.46. The third-order valence-corrected chi connectivity index (χ3v) is 3.58. The van der Waals surface area contributed by atoms with Crippen molar-refractivity contribution in [2.75, 3.05) is 11.9 Å². The first-order valence-corrected chi connectivity index (χ1v) is 7.75. The van der Waals surface area contributed by atoms with E-state index in [-0.39, 0.29) is 12.1 Å². The van der Waals surface area contributed by atoms with Gasteiger partial charge in [0.25, 0.3) is 0 Å². The van der Waals surface area contributed by atoms with E-state index >= 15 is 0 Å². The first kappa shape index (κ1) is 15.9. The standard InChI is InChI=1S/C15H19N7O2/c1-3-11-8-13(24-20-11)9-16-15(23)17-12-6-4-5-10(7-12)14-18-21-22(2)19-14/h4-7,13H,3,8-9H2,1-2H3,(H2,16,17,23). The number of carbonyl (C=O) groups excluding carboxylic acids is 1. The van der Waals surface area contributed by atoms with Crippen LogP contribution in [0.1, 0.15) is 19.8 Å². The van der Waals surface area contributed by atoms with Gasteiger partial charge in [0.1, 0.15) is 6.10 Å². The van der Waals surface area contributed by atoms with Gasteiger partial charge in [-0.1, -0.05) is 24.2 Å². The van der Waals surface area contributed by atoms with Crippen molar-refractivity contribution in [3.05, 3.63) is 24.3 Å². The number of hydrogen-bond acceptors (Lipinski definition) is 6. The molecule has 0 aliphatic carbocycles. The van der Waals surface area contributed by atoms with E-state index in [2.05, 4.69) is 31.2 Å². The molecule has 2 aromatic rings. The molecule has 3 rings (SSSR count). The van der Waals surface area contributed by atoms with Gasteiger partial charge in [-0.05, 0) is 23.8 Å². The molecule has 0 spiro atoms. The fourth-order valence-electron chi connectivity index (χ4n) is 2.32. The number of rotatable bonds is 5. The summed E-state index contributed by atoms with van der Waals surface area (Å²) < 4.78 is 0. The number of aryl methyl sites for hydroxylation is 1. The molecule has 0 fully saturated rings. The summed E-state index contributed by atoms with van der Waals surface area (Å²) in [6.07, 6.45) is 1.53. The van der Waals surface area contributed by atoms with Gasteiger partial charge < -0.3 is 15.5 Å². The number of tetrazole rings is 1. The van der Waals surface area contributed by atoms with Crippen LogP contribution in [0.15, 0.2) is 29.4 Å². The lowest BCUT2D eigenvalue weighted by molar-refractivity contribution is 0.0870. The minimum atomic E-state index is -0.298. The van der Waals surface area contributed by atoms with Gasteiger partial charge in [-0.15, -0.1) is 10.2 Å². The van der Waals surface area contributed by atoms with Gasteiger partial charge in [-0.2, -0.15) is 4.80 Å². The highest BCUT2D eigenvalue weighted by Gasteiger charge is 2.20. The molecule has 1 aliphatic rings. The molecule has 0 saturated carbocycles. The van der Waals surface area contributed by atoms with Crippen molar-refractivity contribution in [1.29, 1.82) is 0 Å². The molecule has 9 heteroatoms. The summed E-state index contributed by atoms with van der Waals surface area (Å²) in [6.45, 7) is 2.44. The number of hydrogen-bond donors (Lipinski definition) is 2. The van der Waals surface area contributed by atoms with E-state index in [0.717, 1.165) is 24.1 Å². The Hall–Kier alpha value is -2.97. The van der Waals surface area contributed by atoms with Crippen LogP contribution >= 0.6 is 0 Å². The van der Waals surface area contributed by atoms with Crippen LogP contribution in [0.4, 0.5) is 10.5 Å². The third kappa shape index (κ3) is 3.86. The van der Waals surface area contributed by atoms with Gasteiger partial charge in [-0.3, -0.25) is 0 Å². The van der Waals surface area contributed by atoms with Crippen LogP contribution in [0, 0.1) is 0 Å². The van der Waals surface area contributed by atoms with Crippen LogP contribution in [-0.4, -0.2) is 44.6 Å². The summed E-state index contributed by atoms with van der Waals surface area (Å²) in [5.41, 5.74) is 2.45. The number of amides is 2. The first-order valence-electron chi connectivity index (χ1n) is 7.75. The number of carbonyl (C=O) groups is 1. The number of oxime groups is 1. The minimum Gasteiger partial charge on any atom is -0.390 e. The van der Waals surface area contributed by atoms with E-state index in [1.54, 1.807) is 19.2 Å². The first-order chi connectivity index (χ1) is 11.6. The highest BCUT2D eigenvalue weighted by Crippen LogP contribution is 2.18. The Balaban J connectivity index is 1.53. The van der Waals surface area contributed by atoms with Gasteiger partial charge in [0.2, 0.25) is 5.82 Å². The van der Waals surface area contributed by atoms with Crippen molar-refractivity contribution in [1.82, 2.24) is 25.5 Å². The molecule has 1 aromatic heterocycles. The van der Waals surface area contributed by atoms with Crippen LogP contribution in [0.25, 0.3) is 11.4 Å². The van der Waals surface area contributed by atoms with Crippen molar-refractivity contribution < 1.29 is 9.63 Å². The van der Waals surface area contributed by atoms with Crippen LogP contribution in [0.2, 0.25) is 0 Å². The molecular formula is C15H19N7O2. The molecule has 1 unspecified atom stereocenters. The van der Waals surface area contributed by atoms with Crippen LogP contribution in [-0.2, 0) is 11.9 Å². The van der Waals surface area contributed by atoms with E-state index < -0.39 is 0 Å². The van der Waals surface area contributed by atoms with Crippen molar-refractivity contribution >= 4 is 17.4 Å². The Bertz CT molecular complexity index is 756. The molecule has 1 aromatic carbocycles. The number of anilines is 1. The van der Waals surface area contributed by atoms with Crippen LogP contribution < -0.4 is 10.6 Å². The van der Waals surface area contributed by atoms with Crippen molar-refractivity contribution in [2.45, 2.75) is 25.9 Å². The zero-order valence-corrected chi connectivity index (χ0v) is 13.6. The van der Waals surface area contributed by atoms with Gasteiger partial charge >= 0.3 is 6.03 Å². The highest BCUT2D eigenvalue weighted by molar-refractivity contribution is 5.90. The maximum atomic E-state index is 12.0. The topological polar surface area (TPSA) is 106 Å². The predicted octanol–water partition coefficient (Wildman–Crippen LogP) is 1.55. The molecular weight excluding hydrogens is 310 g/mol. The third-order valence-electron chi connectivity index (χ3n) is 3.58. The lowest BCUT2D eigenvalue weighted by atomic mass is 10.1. The van der Waals surface area contributed by atoms with E-state index in [0.29, 0.717) is 18.1 Å². The van der Waals surface area contributed by atoms with Crippen molar-refractivity contribution in [3.63, 3.8) is 0 Å². The van der Waals surface area contributed by atoms with E-state index in [9.17, 15) is 4.79 Å². The summed E-state index contributed by atoms with van der Waals surface area (Å²) in [6, 6.07) is 6.97. The lowest BCUT2D eigenvalue weighted by Crippen LogP contribution is -2.35. The Morgan fingerprint density at radius 2 is 2.33 bits per heavy atom. The summed E-state index contributed by atoms with van der Waals surface area (Å²) >= 11 is 0. The average Bonchev–Trinajstić information content (AvgIpc) is 3.22. The van der Waals surface area contributed by atoms with Gasteiger partial charge in [0.05, 0.1) is 19.3 Å². The Labute approximate surface area is 139 Å². The Kier molecular flexibility index (Phi) is 4.69. The zero-order chi connectivity index (χ0) is 16.9. The van der Waals surface area contributed by atoms with E-state index in [1.165, 1.54) is 4.80 Å². The molecule has 0 radical (unpaired) electrons. The number of benzene rings is 1. The molecule has 24 heavy (non-hydrogen) atoms. The fraction of sp³-hybridized carbons (Fsp3) is 0.400. The minimum absolute atomic E-state index is 0.0965. The van der Waals surface area contributed by atoms with Gasteiger partial charge in [-0.25, -0.2) is 4.79 Å². The molecule has 0 saturated heterocycles. The van der Waals surface area contributed by atoms with Gasteiger partial charge in [0.15, 0.2) is 0 Å². The monoisotopic (exact) mass is 329 g/mol. The van der Waals surface area contributed by atoms with Crippen LogP contribution in [0.3, 0.4) is 0 Å². The molecule has 9 nitrogen and oxygen atoms in total. The molecule has 0 bridgehead atoms. The SMILES string of the molecule is CCC1=NOC(CNC(=O)Nc2cccc(-c3nnn(C)n3)c2)C1. The van der Waals surface area contributed by atoms with Crippen LogP contribution in [0.5, 0.6) is 0 Å². The zero-order valence-electron chi connectivity index (χ0n) is 13.6. The van der Waals surface area contributed by atoms with E-state index in [1.807, 2.05) is 19.1 Å². The lowest BCUT2D eigenvalue weighted by Gasteiger charge is -2.11. The Morgan fingerprint density at radius 3 is 3.04 bits per heavy atom. The normalized spacial score (nSPS) is 16.4. The molecule has 1 aliphatic heterocycles. The summed E-state index contributed by atoms with van der Waals surface area (Å²) in [7, 11) is 1.70. The number of aromatic nitrogens is 4. The number of urea groups is 1. The van der Waals surface area contributed by atoms with E-state index in [4.69, 9.17) is 4.84 Å². The molecule has 2 N–H and O–H groups in total. The summed E-state index contributed by atoms with van der Waals surface area (Å²) in [5, 5.41) is 21.4. The Morgan fingerprint density at radius 1 is 1.46 bits per heavy atom. The van der Waals surface area contributed by atoms with Crippen molar-refractivity contribution in [2.24, 2.45) is 12.2 Å². The smallest absolute Gasteiger partial charge is 0.319 e. The summed E-state index contributed by atoms with van der Waals surface area (Å²) in [4.78, 5) is 18.7. The molecule has 126 valence electrons. The molecule has 2 amide bonds. The van der Waals surface area contributed by atoms with Gasteiger partial charge in [0, 0.05) is 17.7 Å². The molecule has 2 heterocycles. The number of nitrogens with one attached hydrogen (secondary N) is 2. The summed E-state index contributed by atoms with van der Waals surface area (Å²) in [5.74, 6) is 0.505. The average molecular weight is 329 g/mol. The number of nitrogens with zero attached hydrogens (tertiary/aromatic N) is 5. The van der Waals surface area contributed by atoms with Crippen molar-refractivity contribution in [3.8, 4) is 11.4 Å². The second kappa shape index (κ2) is 7.07. The maximum Gasteiger partial charge on any atom is 0.319 e. The quantitative estimate of drug-likeness (QED) is 0.865. The predicted molar refractivity (Wildman–Crippen MR) is 88.5 cm³/mol. The fourth-order valence-corrected chi connectivity index (χ4v) is 2.32. The second-order valence-corrected chi connectivity index (χ2v) is 5.46.